The summed E-state index contributed by atoms with van der Waals surface area (Å²) < 4.78 is 32.1. The maximum atomic E-state index is 11.8. The Kier molecular flexibility index (Phi) is 5.34. The van der Waals surface area contributed by atoms with E-state index in [4.69, 9.17) is 0 Å². The van der Waals surface area contributed by atoms with E-state index in [9.17, 15) is 18.3 Å². The first-order valence-corrected chi connectivity index (χ1v) is 7.47. The summed E-state index contributed by atoms with van der Waals surface area (Å²) in [6, 6.07) is 6.33. The van der Waals surface area contributed by atoms with E-state index in [-0.39, 0.29) is 5.69 Å². The minimum absolute atomic E-state index is 0.187. The van der Waals surface area contributed by atoms with Crippen LogP contribution in [0.4, 0.5) is 10.5 Å². The number of aliphatic hydroxyl groups excluding tert-OH is 1. The molecule has 0 fully saturated rings. The Morgan fingerprint density at radius 3 is 2.40 bits per heavy atom. The molecule has 7 nitrogen and oxygen atoms in total. The van der Waals surface area contributed by atoms with Crippen molar-refractivity contribution in [3.8, 4) is 0 Å². The average Bonchev–Trinajstić information content (AvgIpc) is 2.26. The molecular formula is C12H18N2O5S. The second kappa shape index (κ2) is 6.58. The maximum absolute atomic E-state index is 11.8. The highest BCUT2D eigenvalue weighted by atomic mass is 32.2. The Morgan fingerprint density at radius 1 is 1.25 bits per heavy atom. The number of carbonyl (C=O) groups excluding carboxylic acids is 1. The third-order valence-corrected chi connectivity index (χ3v) is 3.14. The van der Waals surface area contributed by atoms with E-state index in [1.807, 2.05) is 0 Å². The number of rotatable bonds is 5. The van der Waals surface area contributed by atoms with Gasteiger partial charge in [0.2, 0.25) is 0 Å². The number of benzene rings is 1. The quantitative estimate of drug-likeness (QED) is 0.765. The lowest BCUT2D eigenvalue weighted by molar-refractivity contribution is 0.121. The van der Waals surface area contributed by atoms with E-state index >= 15 is 0 Å². The molecule has 1 aromatic carbocycles. The summed E-state index contributed by atoms with van der Waals surface area (Å²) in [5, 5.41) is 9.56. The molecule has 0 aromatic heterocycles. The first-order valence-electron chi connectivity index (χ1n) is 5.99. The molecule has 0 spiro atoms. The van der Waals surface area contributed by atoms with Gasteiger partial charge in [-0.3, -0.25) is 4.72 Å². The van der Waals surface area contributed by atoms with E-state index in [0.717, 1.165) is 0 Å². The molecule has 0 radical (unpaired) electrons. The number of aliphatic hydroxyl groups is 1. The smallest absolute Gasteiger partial charge is 0.422 e. The Labute approximate surface area is 118 Å². The predicted molar refractivity (Wildman–Crippen MR) is 74.4 cm³/mol. The molecular weight excluding hydrogens is 284 g/mol. The van der Waals surface area contributed by atoms with Gasteiger partial charge in [0.05, 0.1) is 17.9 Å². The first-order chi connectivity index (χ1) is 9.21. The molecule has 0 saturated carbocycles. The van der Waals surface area contributed by atoms with Gasteiger partial charge in [-0.1, -0.05) is 18.2 Å². The Bertz CT molecular complexity index is 569. The number of carbonyl (C=O) groups is 1. The van der Waals surface area contributed by atoms with Crippen LogP contribution in [-0.4, -0.2) is 25.7 Å². The zero-order valence-electron chi connectivity index (χ0n) is 11.5. The van der Waals surface area contributed by atoms with E-state index in [0.29, 0.717) is 5.56 Å². The fraction of sp³-hybridized carbons (Fsp3) is 0.417. The van der Waals surface area contributed by atoms with E-state index in [1.54, 1.807) is 36.8 Å². The molecule has 1 aromatic rings. The van der Waals surface area contributed by atoms with Crippen LogP contribution in [0.3, 0.4) is 0 Å². The summed E-state index contributed by atoms with van der Waals surface area (Å²) in [6.07, 6.45) is -2.35. The Hall–Kier alpha value is -1.80. The summed E-state index contributed by atoms with van der Waals surface area (Å²) in [7, 11) is -4.12. The lowest BCUT2D eigenvalue weighted by Gasteiger charge is -2.15. The molecule has 0 bridgehead atoms. The number of para-hydroxylation sites is 1. The lowest BCUT2D eigenvalue weighted by Crippen LogP contribution is -2.37. The minimum Gasteiger partial charge on any atom is -0.446 e. The van der Waals surface area contributed by atoms with E-state index in [2.05, 4.69) is 9.46 Å². The minimum atomic E-state index is -4.12. The van der Waals surface area contributed by atoms with Gasteiger partial charge in [0.1, 0.15) is 0 Å². The van der Waals surface area contributed by atoms with Crippen LogP contribution in [0.1, 0.15) is 32.4 Å². The van der Waals surface area contributed by atoms with Crippen LogP contribution in [0.5, 0.6) is 0 Å². The van der Waals surface area contributed by atoms with Crippen LogP contribution in [0.25, 0.3) is 0 Å². The highest BCUT2D eigenvalue weighted by Crippen LogP contribution is 2.22. The summed E-state index contributed by atoms with van der Waals surface area (Å²) in [6.45, 7) is 4.71. The molecule has 112 valence electrons. The van der Waals surface area contributed by atoms with Gasteiger partial charge < -0.3 is 9.84 Å². The second-order valence-electron chi connectivity index (χ2n) is 4.42. The van der Waals surface area contributed by atoms with Crippen LogP contribution in [-0.2, 0) is 14.9 Å². The molecule has 1 rings (SSSR count). The Balaban J connectivity index is 2.84. The molecule has 1 unspecified atom stereocenters. The van der Waals surface area contributed by atoms with E-state index < -0.39 is 28.5 Å². The fourth-order valence-electron chi connectivity index (χ4n) is 1.47. The van der Waals surface area contributed by atoms with Crippen LogP contribution < -0.4 is 9.44 Å². The monoisotopic (exact) mass is 302 g/mol. The normalized spacial score (nSPS) is 12.8. The topological polar surface area (TPSA) is 105 Å². The lowest BCUT2D eigenvalue weighted by atomic mass is 10.1. The third kappa shape index (κ3) is 5.06. The molecule has 0 aliphatic heterocycles. The van der Waals surface area contributed by atoms with Crippen molar-refractivity contribution in [1.82, 2.24) is 4.72 Å². The molecule has 1 atom stereocenters. The summed E-state index contributed by atoms with van der Waals surface area (Å²) >= 11 is 0. The molecule has 3 N–H and O–H groups in total. The number of hydrogen-bond acceptors (Lipinski definition) is 5. The standard InChI is InChI=1S/C12H18N2O5S/c1-8(2)19-12(16)14-20(17,18)13-11-7-5-4-6-10(11)9(3)15/h4-9,13,15H,1-3H3,(H,14,16). The zero-order valence-corrected chi connectivity index (χ0v) is 12.3. The molecule has 0 saturated heterocycles. The number of nitrogens with one attached hydrogen (secondary N) is 2. The van der Waals surface area contributed by atoms with Crippen molar-refractivity contribution in [3.05, 3.63) is 29.8 Å². The van der Waals surface area contributed by atoms with Crippen molar-refractivity contribution in [2.75, 3.05) is 4.72 Å². The van der Waals surface area contributed by atoms with Crippen molar-refractivity contribution in [3.63, 3.8) is 0 Å². The number of ether oxygens (including phenoxy) is 1. The summed E-state index contributed by atoms with van der Waals surface area (Å²) in [5.74, 6) is 0. The highest BCUT2D eigenvalue weighted by molar-refractivity contribution is 7.91. The van der Waals surface area contributed by atoms with Crippen molar-refractivity contribution < 1.29 is 23.1 Å². The van der Waals surface area contributed by atoms with Gasteiger partial charge in [-0.25, -0.2) is 9.52 Å². The molecule has 0 aliphatic rings. The summed E-state index contributed by atoms with van der Waals surface area (Å²) in [4.78, 5) is 11.3. The van der Waals surface area contributed by atoms with Crippen molar-refractivity contribution in [1.29, 1.82) is 0 Å². The van der Waals surface area contributed by atoms with Crippen molar-refractivity contribution in [2.45, 2.75) is 33.0 Å². The highest BCUT2D eigenvalue weighted by Gasteiger charge is 2.18. The van der Waals surface area contributed by atoms with Gasteiger partial charge in [0, 0.05) is 5.56 Å². The average molecular weight is 302 g/mol. The van der Waals surface area contributed by atoms with Gasteiger partial charge in [-0.15, -0.1) is 0 Å². The van der Waals surface area contributed by atoms with Gasteiger partial charge in [0.15, 0.2) is 0 Å². The predicted octanol–water partition coefficient (Wildman–Crippen LogP) is 1.53. The zero-order chi connectivity index (χ0) is 15.3. The molecule has 20 heavy (non-hydrogen) atoms. The fourth-order valence-corrected chi connectivity index (χ4v) is 2.27. The number of anilines is 1. The maximum Gasteiger partial charge on any atom is 0.422 e. The van der Waals surface area contributed by atoms with Crippen LogP contribution in [0, 0.1) is 0 Å². The molecule has 1 amide bonds. The van der Waals surface area contributed by atoms with Crippen molar-refractivity contribution in [2.24, 2.45) is 0 Å². The molecule has 8 heteroatoms. The first kappa shape index (κ1) is 16.3. The molecule has 0 aliphatic carbocycles. The number of amides is 1. The van der Waals surface area contributed by atoms with Gasteiger partial charge in [0.25, 0.3) is 0 Å². The van der Waals surface area contributed by atoms with Crippen molar-refractivity contribution >= 4 is 22.0 Å². The van der Waals surface area contributed by atoms with Crippen LogP contribution in [0.15, 0.2) is 24.3 Å². The largest absolute Gasteiger partial charge is 0.446 e. The SMILES string of the molecule is CC(C)OC(=O)NS(=O)(=O)Nc1ccccc1C(C)O. The van der Waals surface area contributed by atoms with Gasteiger partial charge >= 0.3 is 16.3 Å². The molecule has 0 heterocycles. The second-order valence-corrected chi connectivity index (χ2v) is 5.84. The van der Waals surface area contributed by atoms with Crippen LogP contribution >= 0.6 is 0 Å². The van der Waals surface area contributed by atoms with Gasteiger partial charge in [-0.05, 0) is 26.8 Å². The van der Waals surface area contributed by atoms with Crippen LogP contribution in [0.2, 0.25) is 0 Å². The van der Waals surface area contributed by atoms with Gasteiger partial charge in [-0.2, -0.15) is 8.42 Å². The third-order valence-electron chi connectivity index (χ3n) is 2.22. The summed E-state index contributed by atoms with van der Waals surface area (Å²) in [5.41, 5.74) is 0.586. The Morgan fingerprint density at radius 2 is 1.85 bits per heavy atom. The van der Waals surface area contributed by atoms with E-state index in [1.165, 1.54) is 13.0 Å². The number of hydrogen-bond donors (Lipinski definition) is 3.